The van der Waals surface area contributed by atoms with E-state index in [0.29, 0.717) is 26.3 Å². The van der Waals surface area contributed by atoms with Gasteiger partial charge in [-0.1, -0.05) is 30.3 Å². The molecule has 1 amide bonds. The molecular weight excluding hydrogens is 242 g/mol. The molecule has 5 nitrogen and oxygen atoms in total. The predicted octanol–water partition coefficient (Wildman–Crippen LogP) is 0.957. The van der Waals surface area contributed by atoms with E-state index in [1.807, 2.05) is 36.4 Å². The molecule has 1 aliphatic rings. The van der Waals surface area contributed by atoms with Crippen molar-refractivity contribution < 1.29 is 9.53 Å². The van der Waals surface area contributed by atoms with E-state index in [-0.39, 0.29) is 11.5 Å². The van der Waals surface area contributed by atoms with Gasteiger partial charge in [-0.25, -0.2) is 5.01 Å². The Hall–Kier alpha value is -2.16. The van der Waals surface area contributed by atoms with Gasteiger partial charge in [0.25, 0.3) is 5.91 Å². The Kier molecular flexibility index (Phi) is 4.67. The normalized spacial score (nSPS) is 16.7. The Morgan fingerprint density at radius 1 is 1.32 bits per heavy atom. The van der Waals surface area contributed by atoms with Gasteiger partial charge in [-0.3, -0.25) is 10.2 Å². The maximum absolute atomic E-state index is 12.0. The third-order valence-corrected chi connectivity index (χ3v) is 2.75. The largest absolute Gasteiger partial charge is 0.379 e. The molecule has 2 rings (SSSR count). The number of hydrogen-bond donors (Lipinski definition) is 1. The van der Waals surface area contributed by atoms with Crippen LogP contribution in [0.2, 0.25) is 0 Å². The number of nitrogens with zero attached hydrogens (tertiary/aromatic N) is 2. The van der Waals surface area contributed by atoms with Crippen LogP contribution < -0.4 is 5.43 Å². The molecular formula is C14H15N3O2. The third-order valence-electron chi connectivity index (χ3n) is 2.75. The summed E-state index contributed by atoms with van der Waals surface area (Å²) in [6.07, 6.45) is 1.58. The maximum Gasteiger partial charge on any atom is 0.276 e. The number of carbonyl (C=O) groups is 1. The van der Waals surface area contributed by atoms with Crippen molar-refractivity contribution in [3.8, 4) is 6.07 Å². The second-order valence-electron chi connectivity index (χ2n) is 4.12. The Morgan fingerprint density at radius 2 is 2.00 bits per heavy atom. The van der Waals surface area contributed by atoms with Crippen molar-refractivity contribution in [2.45, 2.75) is 0 Å². The van der Waals surface area contributed by atoms with Crippen LogP contribution in [0.5, 0.6) is 0 Å². The van der Waals surface area contributed by atoms with E-state index in [1.165, 1.54) is 0 Å². The molecule has 19 heavy (non-hydrogen) atoms. The molecule has 1 aliphatic heterocycles. The first kappa shape index (κ1) is 13.3. The first-order valence-electron chi connectivity index (χ1n) is 6.10. The van der Waals surface area contributed by atoms with Crippen molar-refractivity contribution in [1.29, 1.82) is 5.26 Å². The first-order chi connectivity index (χ1) is 9.29. The zero-order valence-corrected chi connectivity index (χ0v) is 10.5. The van der Waals surface area contributed by atoms with Gasteiger partial charge in [-0.2, -0.15) is 5.26 Å². The molecule has 1 aromatic carbocycles. The molecule has 0 spiro atoms. The lowest BCUT2D eigenvalue weighted by molar-refractivity contribution is -0.123. The maximum atomic E-state index is 12.0. The SMILES string of the molecule is N#CC(=Cc1ccccc1)C(=O)NN1CCOCC1. The summed E-state index contributed by atoms with van der Waals surface area (Å²) in [4.78, 5) is 12.0. The van der Waals surface area contributed by atoms with Crippen LogP contribution >= 0.6 is 0 Å². The summed E-state index contributed by atoms with van der Waals surface area (Å²) in [6.45, 7) is 2.45. The number of ether oxygens (including phenoxy) is 1. The summed E-state index contributed by atoms with van der Waals surface area (Å²) in [5.41, 5.74) is 3.64. The molecule has 1 saturated heterocycles. The fourth-order valence-corrected chi connectivity index (χ4v) is 1.74. The summed E-state index contributed by atoms with van der Waals surface area (Å²) < 4.78 is 5.19. The van der Waals surface area contributed by atoms with Crippen molar-refractivity contribution in [3.63, 3.8) is 0 Å². The van der Waals surface area contributed by atoms with E-state index < -0.39 is 0 Å². The Morgan fingerprint density at radius 3 is 2.63 bits per heavy atom. The quantitative estimate of drug-likeness (QED) is 0.647. The molecule has 98 valence electrons. The zero-order valence-electron chi connectivity index (χ0n) is 10.5. The average Bonchev–Trinajstić information content (AvgIpc) is 2.47. The summed E-state index contributed by atoms with van der Waals surface area (Å²) in [5, 5.41) is 10.8. The van der Waals surface area contributed by atoms with E-state index in [2.05, 4.69) is 5.43 Å². The van der Waals surface area contributed by atoms with Crippen molar-refractivity contribution in [2.24, 2.45) is 0 Å². The molecule has 1 heterocycles. The summed E-state index contributed by atoms with van der Waals surface area (Å²) in [7, 11) is 0. The van der Waals surface area contributed by atoms with Gasteiger partial charge in [0, 0.05) is 13.1 Å². The fraction of sp³-hybridized carbons (Fsp3) is 0.286. The molecule has 0 radical (unpaired) electrons. The standard InChI is InChI=1S/C14H15N3O2/c15-11-13(10-12-4-2-1-3-5-12)14(18)16-17-6-8-19-9-7-17/h1-5,10H,6-9H2,(H,16,18). The van der Waals surface area contributed by atoms with Gasteiger partial charge < -0.3 is 4.74 Å². The lowest BCUT2D eigenvalue weighted by atomic mass is 10.1. The van der Waals surface area contributed by atoms with Gasteiger partial charge in [-0.15, -0.1) is 0 Å². The Balaban J connectivity index is 2.03. The van der Waals surface area contributed by atoms with E-state index in [0.717, 1.165) is 5.56 Å². The van der Waals surface area contributed by atoms with Gasteiger partial charge >= 0.3 is 0 Å². The van der Waals surface area contributed by atoms with Crippen LogP contribution in [0.1, 0.15) is 5.56 Å². The van der Waals surface area contributed by atoms with Gasteiger partial charge in [0.1, 0.15) is 11.6 Å². The number of hydrogen-bond acceptors (Lipinski definition) is 4. The molecule has 1 fully saturated rings. The molecule has 1 aromatic rings. The minimum atomic E-state index is -0.381. The zero-order chi connectivity index (χ0) is 13.5. The molecule has 0 atom stereocenters. The second kappa shape index (κ2) is 6.69. The second-order valence-corrected chi connectivity index (χ2v) is 4.12. The number of hydrazine groups is 1. The smallest absolute Gasteiger partial charge is 0.276 e. The molecule has 0 unspecified atom stereocenters. The monoisotopic (exact) mass is 257 g/mol. The third kappa shape index (κ3) is 3.91. The van der Waals surface area contributed by atoms with Crippen LogP contribution in [0.25, 0.3) is 6.08 Å². The van der Waals surface area contributed by atoms with Crippen molar-refractivity contribution >= 4 is 12.0 Å². The van der Waals surface area contributed by atoms with Crippen molar-refractivity contribution in [3.05, 3.63) is 41.5 Å². The van der Waals surface area contributed by atoms with Gasteiger partial charge in [0.2, 0.25) is 0 Å². The number of nitriles is 1. The van der Waals surface area contributed by atoms with Crippen molar-refractivity contribution in [1.82, 2.24) is 10.4 Å². The van der Waals surface area contributed by atoms with Crippen LogP contribution in [0, 0.1) is 11.3 Å². The molecule has 0 aromatic heterocycles. The topological polar surface area (TPSA) is 65.4 Å². The first-order valence-corrected chi connectivity index (χ1v) is 6.10. The highest BCUT2D eigenvalue weighted by molar-refractivity contribution is 6.01. The van der Waals surface area contributed by atoms with Gasteiger partial charge in [0.15, 0.2) is 0 Å². The lowest BCUT2D eigenvalue weighted by Gasteiger charge is -2.26. The van der Waals surface area contributed by atoms with E-state index >= 15 is 0 Å². The molecule has 5 heteroatoms. The number of morpholine rings is 1. The summed E-state index contributed by atoms with van der Waals surface area (Å²) >= 11 is 0. The molecule has 1 N–H and O–H groups in total. The lowest BCUT2D eigenvalue weighted by Crippen LogP contribution is -2.48. The predicted molar refractivity (Wildman–Crippen MR) is 70.6 cm³/mol. The Bertz CT molecular complexity index is 499. The molecule has 0 bridgehead atoms. The fourth-order valence-electron chi connectivity index (χ4n) is 1.74. The van der Waals surface area contributed by atoms with E-state index in [9.17, 15) is 4.79 Å². The molecule has 0 saturated carbocycles. The van der Waals surface area contributed by atoms with Crippen LogP contribution in [-0.2, 0) is 9.53 Å². The van der Waals surface area contributed by atoms with E-state index in [4.69, 9.17) is 10.00 Å². The van der Waals surface area contributed by atoms with Crippen LogP contribution in [0.15, 0.2) is 35.9 Å². The van der Waals surface area contributed by atoms with Gasteiger partial charge in [-0.05, 0) is 11.6 Å². The average molecular weight is 257 g/mol. The summed E-state index contributed by atoms with van der Waals surface area (Å²) in [5.74, 6) is -0.381. The minimum absolute atomic E-state index is 0.0951. The number of nitrogens with one attached hydrogen (secondary N) is 1. The number of rotatable bonds is 3. The number of benzene rings is 1. The highest BCUT2D eigenvalue weighted by Crippen LogP contribution is 2.06. The number of carbonyl (C=O) groups excluding carboxylic acids is 1. The Labute approximate surface area is 112 Å². The van der Waals surface area contributed by atoms with E-state index in [1.54, 1.807) is 11.1 Å². The molecule has 0 aliphatic carbocycles. The highest BCUT2D eigenvalue weighted by Gasteiger charge is 2.15. The number of amides is 1. The van der Waals surface area contributed by atoms with Crippen LogP contribution in [0.3, 0.4) is 0 Å². The minimum Gasteiger partial charge on any atom is -0.379 e. The van der Waals surface area contributed by atoms with Crippen molar-refractivity contribution in [2.75, 3.05) is 26.3 Å². The van der Waals surface area contributed by atoms with Gasteiger partial charge in [0.05, 0.1) is 13.2 Å². The summed E-state index contributed by atoms with van der Waals surface area (Å²) in [6, 6.07) is 11.2. The highest BCUT2D eigenvalue weighted by atomic mass is 16.5. The van der Waals surface area contributed by atoms with Crippen LogP contribution in [-0.4, -0.2) is 37.2 Å². The van der Waals surface area contributed by atoms with Crippen LogP contribution in [0.4, 0.5) is 0 Å².